The fraction of sp³-hybridized carbons (Fsp3) is 0.436. The Morgan fingerprint density at radius 3 is 2.54 bits per heavy atom. The van der Waals surface area contributed by atoms with Crippen LogP contribution in [0.4, 0.5) is 4.79 Å². The lowest BCUT2D eigenvalue weighted by Gasteiger charge is -2.30. The number of H-pyrrole nitrogens is 2. The fourth-order valence-electron chi connectivity index (χ4n) is 8.29. The molecule has 5 atom stereocenters. The monoisotopic (exact) mass is 675 g/mol. The predicted molar refractivity (Wildman–Crippen MR) is 193 cm³/mol. The van der Waals surface area contributed by atoms with Crippen LogP contribution in [0.3, 0.4) is 0 Å². The first kappa shape index (κ1) is 32.3. The van der Waals surface area contributed by atoms with E-state index < -0.39 is 12.1 Å². The quantitative estimate of drug-likeness (QED) is 0.177. The van der Waals surface area contributed by atoms with Crippen molar-refractivity contribution in [3.63, 3.8) is 0 Å². The molecule has 3 N–H and O–H groups in total. The van der Waals surface area contributed by atoms with Crippen molar-refractivity contribution < 1.29 is 19.1 Å². The molecule has 3 aromatic carbocycles. The molecule has 260 valence electrons. The van der Waals surface area contributed by atoms with Gasteiger partial charge in [0.2, 0.25) is 5.91 Å². The molecule has 3 aliphatic heterocycles. The van der Waals surface area contributed by atoms with Crippen LogP contribution in [0.15, 0.2) is 48.7 Å². The van der Waals surface area contributed by atoms with Crippen molar-refractivity contribution in [1.82, 2.24) is 35.1 Å². The van der Waals surface area contributed by atoms with Gasteiger partial charge >= 0.3 is 6.09 Å². The van der Waals surface area contributed by atoms with E-state index in [0.717, 1.165) is 86.5 Å². The molecule has 0 saturated carbocycles. The van der Waals surface area contributed by atoms with Crippen molar-refractivity contribution in [1.29, 1.82) is 0 Å². The van der Waals surface area contributed by atoms with E-state index in [2.05, 4.69) is 83.5 Å². The molecule has 3 aliphatic rings. The summed E-state index contributed by atoms with van der Waals surface area (Å²) in [7, 11) is 3.49. The van der Waals surface area contributed by atoms with Gasteiger partial charge in [-0.1, -0.05) is 45.9 Å². The van der Waals surface area contributed by atoms with Gasteiger partial charge in [-0.3, -0.25) is 9.69 Å². The largest absolute Gasteiger partial charge is 0.488 e. The number of nitrogens with zero attached hydrogens (tertiary/aromatic N) is 4. The number of rotatable bonds is 6. The topological polar surface area (TPSA) is 128 Å². The highest BCUT2D eigenvalue weighted by atomic mass is 16.5. The number of benzene rings is 3. The molecule has 8 rings (SSSR count). The van der Waals surface area contributed by atoms with Gasteiger partial charge < -0.3 is 29.7 Å². The third-order valence-electron chi connectivity index (χ3n) is 10.8. The number of hydrogen-bond acceptors (Lipinski definition) is 7. The second kappa shape index (κ2) is 12.5. The number of aromatic nitrogens is 4. The summed E-state index contributed by atoms with van der Waals surface area (Å²) in [5, 5.41) is 4.95. The Kier molecular flexibility index (Phi) is 8.05. The first-order chi connectivity index (χ1) is 24.1. The first-order valence-corrected chi connectivity index (χ1v) is 17.7. The number of carbonyl (C=O) groups is 2. The molecule has 50 heavy (non-hydrogen) atoms. The maximum atomic E-state index is 13.7. The number of carbonyl (C=O) groups excluding carboxylic acids is 2. The molecule has 0 radical (unpaired) electrons. The Bertz CT molecular complexity index is 2120. The lowest BCUT2D eigenvalue weighted by atomic mass is 9.92. The summed E-state index contributed by atoms with van der Waals surface area (Å²) < 4.78 is 11.2. The molecular weight excluding hydrogens is 630 g/mol. The summed E-state index contributed by atoms with van der Waals surface area (Å²) in [6.45, 7) is 10.4. The maximum Gasteiger partial charge on any atom is 0.407 e. The van der Waals surface area contributed by atoms with Gasteiger partial charge in [0.25, 0.3) is 0 Å². The molecule has 2 fully saturated rings. The maximum absolute atomic E-state index is 13.7. The number of methoxy groups -OCH3 is 1. The SMILES string of the molecule is COC(=O)NC(C(=O)N1CC(C)CC1c1ncc(-c2ccc3c(c2)COc2cc4c(ccc5[nH]c(C6CC(C)CN6C)nc54)cc2-3)[nH]1)C(C)C. The Hall–Kier alpha value is -4.90. The van der Waals surface area contributed by atoms with Crippen molar-refractivity contribution in [2.75, 3.05) is 27.2 Å². The van der Waals surface area contributed by atoms with Crippen LogP contribution in [-0.2, 0) is 16.1 Å². The van der Waals surface area contributed by atoms with E-state index in [-0.39, 0.29) is 17.9 Å². The lowest BCUT2D eigenvalue weighted by molar-refractivity contribution is -0.135. The van der Waals surface area contributed by atoms with E-state index in [1.807, 2.05) is 24.9 Å². The summed E-state index contributed by atoms with van der Waals surface area (Å²) in [6.07, 6.45) is 3.12. The standard InChI is InChI=1S/C39H45N7O4/c1-20(2)34(44-39(48)49-6)38(47)46-18-22(4)12-32(46)36-40-16-30(42-36)24-7-9-26-25(13-24)19-50-33-15-27-23(14-28(26)33)8-10-29-35(27)43-37(41-29)31-11-21(3)17-45(31)5/h7-10,13-16,20-22,31-32,34H,11-12,17-19H2,1-6H3,(H,40,42)(H,41,43)(H,44,48). The normalized spacial score (nSPS) is 22.5. The van der Waals surface area contributed by atoms with Gasteiger partial charge in [-0.25, -0.2) is 14.8 Å². The molecule has 5 heterocycles. The van der Waals surface area contributed by atoms with E-state index in [1.165, 1.54) is 7.11 Å². The van der Waals surface area contributed by atoms with Gasteiger partial charge in [-0.15, -0.1) is 0 Å². The average molecular weight is 676 g/mol. The van der Waals surface area contributed by atoms with Crippen molar-refractivity contribution >= 4 is 33.8 Å². The molecule has 5 unspecified atom stereocenters. The highest BCUT2D eigenvalue weighted by Gasteiger charge is 2.40. The number of nitrogens with one attached hydrogen (secondary N) is 3. The molecule has 0 spiro atoms. The molecule has 0 bridgehead atoms. The molecule has 5 aromatic rings. The molecule has 2 aromatic heterocycles. The van der Waals surface area contributed by atoms with Crippen molar-refractivity contribution in [2.45, 2.75) is 65.3 Å². The second-order valence-corrected chi connectivity index (χ2v) is 15.0. The smallest absolute Gasteiger partial charge is 0.407 e. The number of fused-ring (bicyclic) bond motifs is 6. The van der Waals surface area contributed by atoms with Gasteiger partial charge in [0.05, 0.1) is 42.1 Å². The zero-order valence-electron chi connectivity index (χ0n) is 29.5. The number of ether oxygens (including phenoxy) is 2. The Balaban J connectivity index is 1.06. The van der Waals surface area contributed by atoms with E-state index in [1.54, 1.807) is 0 Å². The van der Waals surface area contributed by atoms with E-state index in [4.69, 9.17) is 19.4 Å². The molecule has 2 saturated heterocycles. The van der Waals surface area contributed by atoms with E-state index in [0.29, 0.717) is 31.0 Å². The van der Waals surface area contributed by atoms with Crippen LogP contribution in [0.5, 0.6) is 5.75 Å². The van der Waals surface area contributed by atoms with Gasteiger partial charge in [-0.05, 0) is 84.0 Å². The number of amides is 2. The van der Waals surface area contributed by atoms with Crippen LogP contribution >= 0.6 is 0 Å². The van der Waals surface area contributed by atoms with Crippen molar-refractivity contribution in [3.8, 4) is 28.1 Å². The molecule has 0 aliphatic carbocycles. The average Bonchev–Trinajstić information content (AvgIpc) is 3.91. The summed E-state index contributed by atoms with van der Waals surface area (Å²) >= 11 is 0. The zero-order valence-corrected chi connectivity index (χ0v) is 29.5. The number of alkyl carbamates (subject to hydrolysis) is 1. The lowest BCUT2D eigenvalue weighted by Crippen LogP contribution is -2.51. The number of imidazole rings is 2. The van der Waals surface area contributed by atoms with Crippen LogP contribution in [0, 0.1) is 17.8 Å². The van der Waals surface area contributed by atoms with Crippen LogP contribution in [0.1, 0.15) is 69.8 Å². The fourth-order valence-corrected chi connectivity index (χ4v) is 8.29. The van der Waals surface area contributed by atoms with Gasteiger partial charge in [0.15, 0.2) is 0 Å². The van der Waals surface area contributed by atoms with E-state index >= 15 is 0 Å². The van der Waals surface area contributed by atoms with Crippen molar-refractivity contribution in [3.05, 3.63) is 65.9 Å². The van der Waals surface area contributed by atoms with Gasteiger partial charge in [0.1, 0.15) is 30.0 Å². The molecule has 11 heteroatoms. The number of aromatic amines is 2. The minimum atomic E-state index is -0.684. The van der Waals surface area contributed by atoms with Crippen LogP contribution in [0.25, 0.3) is 44.2 Å². The minimum absolute atomic E-state index is 0.0989. The molecule has 11 nitrogen and oxygen atoms in total. The number of likely N-dealkylation sites (tertiary alicyclic amines) is 2. The number of hydrogen-bond donors (Lipinski definition) is 3. The Morgan fingerprint density at radius 1 is 0.980 bits per heavy atom. The summed E-state index contributed by atoms with van der Waals surface area (Å²) in [4.78, 5) is 47.0. The van der Waals surface area contributed by atoms with Crippen LogP contribution < -0.4 is 10.1 Å². The van der Waals surface area contributed by atoms with Gasteiger partial charge in [0, 0.05) is 24.0 Å². The summed E-state index contributed by atoms with van der Waals surface area (Å²) in [5.74, 6) is 3.37. The van der Waals surface area contributed by atoms with Crippen LogP contribution in [-0.4, -0.2) is 75.0 Å². The van der Waals surface area contributed by atoms with Crippen LogP contribution in [0.2, 0.25) is 0 Å². The molecule has 2 amide bonds. The third kappa shape index (κ3) is 5.57. The minimum Gasteiger partial charge on any atom is -0.488 e. The van der Waals surface area contributed by atoms with Gasteiger partial charge in [-0.2, -0.15) is 0 Å². The highest BCUT2D eigenvalue weighted by Crippen LogP contribution is 2.43. The summed E-state index contributed by atoms with van der Waals surface area (Å²) in [5.41, 5.74) is 7.26. The summed E-state index contributed by atoms with van der Waals surface area (Å²) in [6, 6.07) is 14.5. The molecular formula is C39H45N7O4. The Labute approximate surface area is 291 Å². The van der Waals surface area contributed by atoms with E-state index in [9.17, 15) is 9.59 Å². The highest BCUT2D eigenvalue weighted by molar-refractivity contribution is 6.07. The predicted octanol–water partition coefficient (Wildman–Crippen LogP) is 6.97. The second-order valence-electron chi connectivity index (χ2n) is 15.0. The van der Waals surface area contributed by atoms with Crippen molar-refractivity contribution in [2.24, 2.45) is 17.8 Å². The Morgan fingerprint density at radius 2 is 1.78 bits per heavy atom. The third-order valence-corrected chi connectivity index (χ3v) is 10.8. The zero-order chi connectivity index (χ0) is 34.8. The first-order valence-electron chi connectivity index (χ1n) is 17.7.